The van der Waals surface area contributed by atoms with E-state index in [2.05, 4.69) is 5.32 Å². The molecule has 0 heterocycles. The number of aromatic hydroxyl groups is 1. The van der Waals surface area contributed by atoms with Gasteiger partial charge < -0.3 is 25.5 Å². The van der Waals surface area contributed by atoms with E-state index in [4.69, 9.17) is 10.2 Å². The van der Waals surface area contributed by atoms with Crippen molar-refractivity contribution in [2.24, 2.45) is 0 Å². The van der Waals surface area contributed by atoms with E-state index in [9.17, 15) is 14.7 Å². The number of nitrogens with one attached hydrogen (secondary N) is 1. The van der Waals surface area contributed by atoms with Crippen LogP contribution in [0, 0.1) is 0 Å². The van der Waals surface area contributed by atoms with E-state index >= 15 is 0 Å². The average molecular weight is 280 g/mol. The lowest BCUT2D eigenvalue weighted by Crippen LogP contribution is -2.38. The van der Waals surface area contributed by atoms with Crippen molar-refractivity contribution in [3.63, 3.8) is 0 Å². The van der Waals surface area contributed by atoms with Crippen LogP contribution in [-0.4, -0.2) is 51.4 Å². The number of anilines is 1. The van der Waals surface area contributed by atoms with Crippen molar-refractivity contribution in [3.05, 3.63) is 23.8 Å². The topological polar surface area (TPSA) is 110 Å². The molecule has 0 spiro atoms. The van der Waals surface area contributed by atoms with Crippen molar-refractivity contribution in [1.82, 2.24) is 4.90 Å². The molecular formula is C13H16N2O5. The summed E-state index contributed by atoms with van der Waals surface area (Å²) in [6.45, 7) is 0.0565. The largest absolute Gasteiger partial charge is 0.505 e. The lowest BCUT2D eigenvalue weighted by Gasteiger charge is -2.22. The number of carbonyl (C=O) groups is 2. The van der Waals surface area contributed by atoms with Crippen LogP contribution in [0.4, 0.5) is 10.5 Å². The van der Waals surface area contributed by atoms with E-state index < -0.39 is 17.7 Å². The molecule has 2 amide bonds. The Labute approximate surface area is 115 Å². The number of carboxylic acid groups (broad SMARTS) is 1. The normalized spacial score (nSPS) is 13.8. The number of nitrogens with zero attached hydrogens (tertiary/aromatic N) is 1. The van der Waals surface area contributed by atoms with Crippen molar-refractivity contribution >= 4 is 17.7 Å². The quantitative estimate of drug-likeness (QED) is 0.603. The van der Waals surface area contributed by atoms with Gasteiger partial charge >= 0.3 is 12.0 Å². The molecule has 2 rings (SSSR count). The predicted octanol–water partition coefficient (Wildman–Crippen LogP) is 1.08. The number of hydrogen-bond acceptors (Lipinski definition) is 4. The fraction of sp³-hybridized carbons (Fsp3) is 0.385. The number of para-hydroxylation sites is 1. The highest BCUT2D eigenvalue weighted by Crippen LogP contribution is 2.30. The molecule has 7 nitrogen and oxygen atoms in total. The number of rotatable bonds is 5. The highest BCUT2D eigenvalue weighted by molar-refractivity contribution is 5.97. The molecule has 1 aliphatic rings. The van der Waals surface area contributed by atoms with Crippen molar-refractivity contribution in [2.75, 3.05) is 18.5 Å². The molecule has 1 aromatic rings. The minimum Gasteiger partial charge on any atom is -0.505 e. The summed E-state index contributed by atoms with van der Waals surface area (Å²) in [4.78, 5) is 24.4. The molecule has 1 saturated carbocycles. The highest BCUT2D eigenvalue weighted by atomic mass is 16.4. The standard InChI is InChI=1S/C13H16N2O5/c16-7-6-15(8-4-5-8)13(20)14-10-3-1-2-9(11(10)17)12(18)19/h1-3,8,16-17H,4-7H2,(H,14,20)(H,18,19). The summed E-state index contributed by atoms with van der Waals surface area (Å²) >= 11 is 0. The van der Waals surface area contributed by atoms with E-state index in [1.807, 2.05) is 0 Å². The number of amides is 2. The number of phenols is 1. The van der Waals surface area contributed by atoms with E-state index in [1.165, 1.54) is 23.1 Å². The number of urea groups is 1. The highest BCUT2D eigenvalue weighted by Gasteiger charge is 2.32. The molecule has 0 saturated heterocycles. The number of aliphatic hydroxyl groups excluding tert-OH is 1. The molecule has 7 heteroatoms. The molecule has 1 fully saturated rings. The van der Waals surface area contributed by atoms with Crippen LogP contribution in [-0.2, 0) is 0 Å². The Morgan fingerprint density at radius 2 is 2.05 bits per heavy atom. The Hall–Kier alpha value is -2.28. The molecule has 1 aliphatic carbocycles. The number of benzene rings is 1. The van der Waals surface area contributed by atoms with Crippen molar-refractivity contribution in [1.29, 1.82) is 0 Å². The molecule has 0 bridgehead atoms. The first kappa shape index (κ1) is 14.1. The van der Waals surface area contributed by atoms with Crippen LogP contribution in [0.5, 0.6) is 5.75 Å². The van der Waals surface area contributed by atoms with Gasteiger partial charge in [-0.2, -0.15) is 0 Å². The van der Waals surface area contributed by atoms with Gasteiger partial charge in [-0.15, -0.1) is 0 Å². The number of carboxylic acids is 1. The van der Waals surface area contributed by atoms with Crippen molar-refractivity contribution in [3.8, 4) is 5.75 Å². The van der Waals surface area contributed by atoms with Gasteiger partial charge in [-0.1, -0.05) is 6.07 Å². The van der Waals surface area contributed by atoms with Crippen LogP contribution in [0.15, 0.2) is 18.2 Å². The first-order valence-electron chi connectivity index (χ1n) is 6.28. The maximum atomic E-state index is 12.1. The summed E-state index contributed by atoms with van der Waals surface area (Å²) < 4.78 is 0. The molecule has 0 unspecified atom stereocenters. The summed E-state index contributed by atoms with van der Waals surface area (Å²) in [6.07, 6.45) is 1.77. The van der Waals surface area contributed by atoms with Crippen LogP contribution in [0.2, 0.25) is 0 Å². The fourth-order valence-electron chi connectivity index (χ4n) is 1.95. The Balaban J connectivity index is 2.14. The zero-order valence-corrected chi connectivity index (χ0v) is 10.7. The summed E-state index contributed by atoms with van der Waals surface area (Å²) in [6, 6.07) is 3.75. The van der Waals surface area contributed by atoms with Crippen LogP contribution in [0.3, 0.4) is 0 Å². The van der Waals surface area contributed by atoms with Gasteiger partial charge in [0, 0.05) is 12.6 Å². The molecule has 108 valence electrons. The Kier molecular flexibility index (Phi) is 4.09. The third-order valence-corrected chi connectivity index (χ3v) is 3.10. The molecule has 0 aromatic heterocycles. The molecule has 20 heavy (non-hydrogen) atoms. The monoisotopic (exact) mass is 280 g/mol. The second kappa shape index (κ2) is 5.79. The second-order valence-electron chi connectivity index (χ2n) is 4.59. The lowest BCUT2D eigenvalue weighted by atomic mass is 10.1. The second-order valence-corrected chi connectivity index (χ2v) is 4.59. The maximum Gasteiger partial charge on any atom is 0.339 e. The zero-order valence-electron chi connectivity index (χ0n) is 10.7. The summed E-state index contributed by atoms with van der Waals surface area (Å²) in [5, 5.41) is 30.1. The van der Waals surface area contributed by atoms with Crippen molar-refractivity contribution in [2.45, 2.75) is 18.9 Å². The molecular weight excluding hydrogens is 264 g/mol. The van der Waals surface area contributed by atoms with Gasteiger partial charge in [-0.3, -0.25) is 0 Å². The summed E-state index contributed by atoms with van der Waals surface area (Å²) in [5.74, 6) is -1.75. The van der Waals surface area contributed by atoms with Gasteiger partial charge in [-0.25, -0.2) is 9.59 Å². The number of carbonyl (C=O) groups excluding carboxylic acids is 1. The third kappa shape index (κ3) is 3.00. The van der Waals surface area contributed by atoms with Gasteiger partial charge in [0.2, 0.25) is 0 Å². The van der Waals surface area contributed by atoms with Gasteiger partial charge in [-0.05, 0) is 25.0 Å². The first-order valence-corrected chi connectivity index (χ1v) is 6.28. The van der Waals surface area contributed by atoms with Gasteiger partial charge in [0.05, 0.1) is 12.3 Å². The number of aliphatic hydroxyl groups is 1. The van der Waals surface area contributed by atoms with Gasteiger partial charge in [0.25, 0.3) is 0 Å². The van der Waals surface area contributed by atoms with Crippen molar-refractivity contribution < 1.29 is 24.9 Å². The molecule has 0 atom stereocenters. The molecule has 4 N–H and O–H groups in total. The first-order chi connectivity index (χ1) is 9.54. The Morgan fingerprint density at radius 3 is 2.60 bits per heavy atom. The Bertz CT molecular complexity index is 527. The number of hydrogen-bond donors (Lipinski definition) is 4. The lowest BCUT2D eigenvalue weighted by molar-refractivity contribution is 0.0693. The van der Waals surface area contributed by atoms with E-state index in [0.29, 0.717) is 0 Å². The van der Waals surface area contributed by atoms with E-state index in [-0.39, 0.29) is 30.4 Å². The number of aromatic carboxylic acids is 1. The third-order valence-electron chi connectivity index (χ3n) is 3.10. The Morgan fingerprint density at radius 1 is 1.35 bits per heavy atom. The molecule has 0 radical (unpaired) electrons. The van der Waals surface area contributed by atoms with Crippen LogP contribution in [0.25, 0.3) is 0 Å². The summed E-state index contributed by atoms with van der Waals surface area (Å²) in [7, 11) is 0. The van der Waals surface area contributed by atoms with Crippen LogP contribution >= 0.6 is 0 Å². The van der Waals surface area contributed by atoms with Gasteiger partial charge in [0.15, 0.2) is 5.75 Å². The average Bonchev–Trinajstić information content (AvgIpc) is 3.22. The molecule has 0 aliphatic heterocycles. The van der Waals surface area contributed by atoms with Crippen LogP contribution < -0.4 is 5.32 Å². The smallest absolute Gasteiger partial charge is 0.339 e. The summed E-state index contributed by atoms with van der Waals surface area (Å²) in [5.41, 5.74) is -0.235. The molecule has 1 aromatic carbocycles. The SMILES string of the molecule is O=C(O)c1cccc(NC(=O)N(CCO)C2CC2)c1O. The minimum absolute atomic E-state index is 0.0403. The minimum atomic E-state index is -1.27. The van der Waals surface area contributed by atoms with E-state index in [0.717, 1.165) is 12.8 Å². The van der Waals surface area contributed by atoms with E-state index in [1.54, 1.807) is 0 Å². The maximum absolute atomic E-state index is 12.1. The van der Waals surface area contributed by atoms with Gasteiger partial charge in [0.1, 0.15) is 5.56 Å². The predicted molar refractivity (Wildman–Crippen MR) is 70.9 cm³/mol. The zero-order chi connectivity index (χ0) is 14.7. The van der Waals surface area contributed by atoms with Crippen LogP contribution in [0.1, 0.15) is 23.2 Å². The fourth-order valence-corrected chi connectivity index (χ4v) is 1.95.